The molecule has 1 saturated heterocycles. The first-order chi connectivity index (χ1) is 12.6. The molecule has 0 atom stereocenters. The highest BCUT2D eigenvalue weighted by Crippen LogP contribution is 2.33. The van der Waals surface area contributed by atoms with Crippen molar-refractivity contribution in [3.8, 4) is 5.75 Å². The topological polar surface area (TPSA) is 46.6 Å². The molecular weight excluding hydrogens is 353 g/mol. The molecule has 0 N–H and O–H groups in total. The van der Waals surface area contributed by atoms with E-state index in [0.29, 0.717) is 17.1 Å². The fraction of sp³-hybridized carbons (Fsp3) is 0.200. The predicted molar refractivity (Wildman–Crippen MR) is 100 cm³/mol. The highest BCUT2D eigenvalue weighted by molar-refractivity contribution is 8.18. The van der Waals surface area contributed by atoms with Gasteiger partial charge < -0.3 is 4.74 Å². The van der Waals surface area contributed by atoms with E-state index in [2.05, 4.69) is 0 Å². The largest absolute Gasteiger partial charge is 0.494 e. The number of carbonyl (C=O) groups excluding carboxylic acids is 2. The Morgan fingerprint density at radius 2 is 1.85 bits per heavy atom. The summed E-state index contributed by atoms with van der Waals surface area (Å²) in [6, 6.07) is 13.4. The minimum Gasteiger partial charge on any atom is -0.494 e. The lowest BCUT2D eigenvalue weighted by Gasteiger charge is -2.12. The average molecular weight is 371 g/mol. The maximum Gasteiger partial charge on any atom is 0.293 e. The lowest BCUT2D eigenvalue weighted by Crippen LogP contribution is -2.27. The normalized spacial score (nSPS) is 15.8. The van der Waals surface area contributed by atoms with Gasteiger partial charge in [0.05, 0.1) is 18.1 Å². The van der Waals surface area contributed by atoms with Gasteiger partial charge in [0.1, 0.15) is 11.6 Å². The number of thioether (sulfide) groups is 1. The zero-order valence-corrected chi connectivity index (χ0v) is 15.1. The van der Waals surface area contributed by atoms with Crippen LogP contribution in [0, 0.1) is 5.82 Å². The summed E-state index contributed by atoms with van der Waals surface area (Å²) in [5, 5.41) is -0.396. The van der Waals surface area contributed by atoms with Crippen LogP contribution in [0.15, 0.2) is 53.4 Å². The Hall–Kier alpha value is -2.60. The molecule has 2 amide bonds. The van der Waals surface area contributed by atoms with Gasteiger partial charge in [0, 0.05) is 5.56 Å². The second-order valence-electron chi connectivity index (χ2n) is 5.78. The molecule has 1 aliphatic heterocycles. The molecule has 26 heavy (non-hydrogen) atoms. The Bertz CT molecular complexity index is 848. The van der Waals surface area contributed by atoms with E-state index < -0.39 is 17.0 Å². The minimum absolute atomic E-state index is 0.0710. The van der Waals surface area contributed by atoms with Gasteiger partial charge in [0.25, 0.3) is 11.1 Å². The molecule has 1 fully saturated rings. The van der Waals surface area contributed by atoms with E-state index in [1.165, 1.54) is 6.07 Å². The lowest BCUT2D eigenvalue weighted by molar-refractivity contribution is -0.123. The molecule has 0 radical (unpaired) electrons. The zero-order valence-electron chi connectivity index (χ0n) is 14.3. The van der Waals surface area contributed by atoms with Gasteiger partial charge in [-0.2, -0.15) is 0 Å². The summed E-state index contributed by atoms with van der Waals surface area (Å²) in [4.78, 5) is 26.1. The number of imide groups is 1. The number of hydrogen-bond acceptors (Lipinski definition) is 4. The van der Waals surface area contributed by atoms with E-state index in [9.17, 15) is 14.0 Å². The first kappa shape index (κ1) is 18.2. The third-order valence-corrected chi connectivity index (χ3v) is 4.72. The Labute approximate surface area is 155 Å². The van der Waals surface area contributed by atoms with Gasteiger partial charge in [-0.05, 0) is 48.0 Å². The summed E-state index contributed by atoms with van der Waals surface area (Å²) in [6.07, 6.45) is 2.59. The van der Waals surface area contributed by atoms with Crippen molar-refractivity contribution in [1.82, 2.24) is 4.90 Å². The summed E-state index contributed by atoms with van der Waals surface area (Å²) >= 11 is 0.865. The minimum atomic E-state index is -0.432. The van der Waals surface area contributed by atoms with E-state index in [4.69, 9.17) is 4.74 Å². The smallest absolute Gasteiger partial charge is 0.293 e. The highest BCUT2D eigenvalue weighted by Gasteiger charge is 2.35. The van der Waals surface area contributed by atoms with Crippen LogP contribution in [-0.2, 0) is 11.3 Å². The van der Waals surface area contributed by atoms with Crippen LogP contribution < -0.4 is 4.74 Å². The van der Waals surface area contributed by atoms with Gasteiger partial charge in [-0.25, -0.2) is 4.39 Å². The predicted octanol–water partition coefficient (Wildman–Crippen LogP) is 4.85. The van der Waals surface area contributed by atoms with Crippen molar-refractivity contribution in [2.75, 3.05) is 6.61 Å². The molecule has 1 aliphatic rings. The maximum atomic E-state index is 13.8. The summed E-state index contributed by atoms with van der Waals surface area (Å²) in [7, 11) is 0. The van der Waals surface area contributed by atoms with Crippen LogP contribution >= 0.6 is 11.8 Å². The van der Waals surface area contributed by atoms with Crippen molar-refractivity contribution in [3.63, 3.8) is 0 Å². The van der Waals surface area contributed by atoms with Crippen LogP contribution in [0.2, 0.25) is 0 Å². The standard InChI is InChI=1S/C20H18FNO3S/c1-2-11-25-16-9-7-14(8-10-16)12-18-19(23)22(20(24)26-18)13-15-5-3-4-6-17(15)21/h3-10,12H,2,11,13H2,1H3/b18-12-. The van der Waals surface area contributed by atoms with Crippen molar-refractivity contribution < 1.29 is 18.7 Å². The zero-order chi connectivity index (χ0) is 18.5. The summed E-state index contributed by atoms with van der Waals surface area (Å²) in [6.45, 7) is 2.61. The Morgan fingerprint density at radius 3 is 2.54 bits per heavy atom. The van der Waals surface area contributed by atoms with Crippen LogP contribution in [0.25, 0.3) is 6.08 Å². The van der Waals surface area contributed by atoms with Gasteiger partial charge >= 0.3 is 0 Å². The quantitative estimate of drug-likeness (QED) is 0.681. The molecule has 0 saturated carbocycles. The van der Waals surface area contributed by atoms with Gasteiger partial charge in [-0.1, -0.05) is 37.3 Å². The summed E-state index contributed by atoms with van der Waals surface area (Å²) in [5.74, 6) is -0.0792. The van der Waals surface area contributed by atoms with E-state index in [1.807, 2.05) is 31.2 Å². The first-order valence-corrected chi connectivity index (χ1v) is 9.11. The van der Waals surface area contributed by atoms with Crippen LogP contribution in [0.1, 0.15) is 24.5 Å². The van der Waals surface area contributed by atoms with Crippen molar-refractivity contribution in [1.29, 1.82) is 0 Å². The molecule has 0 unspecified atom stereocenters. The molecule has 3 rings (SSSR count). The molecule has 0 aliphatic carbocycles. The first-order valence-electron chi connectivity index (χ1n) is 8.30. The number of rotatable bonds is 6. The third-order valence-electron chi connectivity index (χ3n) is 3.81. The molecule has 2 aromatic carbocycles. The number of hydrogen-bond donors (Lipinski definition) is 0. The van der Waals surface area contributed by atoms with Crippen LogP contribution in [0.5, 0.6) is 5.75 Å². The van der Waals surface area contributed by atoms with Crippen molar-refractivity contribution >= 4 is 29.0 Å². The second kappa shape index (κ2) is 8.19. The van der Waals surface area contributed by atoms with Crippen LogP contribution in [-0.4, -0.2) is 22.7 Å². The third kappa shape index (κ3) is 4.14. The second-order valence-corrected chi connectivity index (χ2v) is 6.77. The van der Waals surface area contributed by atoms with Crippen molar-refractivity contribution in [3.05, 3.63) is 70.4 Å². The molecule has 4 nitrogen and oxygen atoms in total. The van der Waals surface area contributed by atoms with E-state index in [-0.39, 0.29) is 6.54 Å². The van der Waals surface area contributed by atoms with Gasteiger partial charge in [0.15, 0.2) is 0 Å². The Kier molecular flexibility index (Phi) is 5.73. The van der Waals surface area contributed by atoms with Crippen molar-refractivity contribution in [2.24, 2.45) is 0 Å². The number of benzene rings is 2. The van der Waals surface area contributed by atoms with Gasteiger partial charge in [-0.15, -0.1) is 0 Å². The van der Waals surface area contributed by atoms with Crippen LogP contribution in [0.3, 0.4) is 0 Å². The maximum absolute atomic E-state index is 13.8. The van der Waals surface area contributed by atoms with Crippen LogP contribution in [0.4, 0.5) is 9.18 Å². The Morgan fingerprint density at radius 1 is 1.12 bits per heavy atom. The monoisotopic (exact) mass is 371 g/mol. The molecule has 0 aromatic heterocycles. The molecule has 134 valence electrons. The molecule has 0 spiro atoms. The molecule has 0 bridgehead atoms. The fourth-order valence-electron chi connectivity index (χ4n) is 2.46. The van der Waals surface area contributed by atoms with Gasteiger partial charge in [-0.3, -0.25) is 14.5 Å². The molecular formula is C20H18FNO3S. The van der Waals surface area contributed by atoms with E-state index in [1.54, 1.807) is 24.3 Å². The number of halogens is 1. The fourth-order valence-corrected chi connectivity index (χ4v) is 3.30. The summed E-state index contributed by atoms with van der Waals surface area (Å²) < 4.78 is 19.3. The van der Waals surface area contributed by atoms with E-state index in [0.717, 1.165) is 34.4 Å². The van der Waals surface area contributed by atoms with E-state index >= 15 is 0 Å². The number of amides is 2. The summed E-state index contributed by atoms with van der Waals surface area (Å²) in [5.41, 5.74) is 1.11. The van der Waals surface area contributed by atoms with Gasteiger partial charge in [0.2, 0.25) is 0 Å². The number of ether oxygens (including phenoxy) is 1. The Balaban J connectivity index is 1.73. The molecule has 2 aromatic rings. The molecule has 1 heterocycles. The molecule has 6 heteroatoms. The number of nitrogens with zero attached hydrogens (tertiary/aromatic N) is 1. The highest BCUT2D eigenvalue weighted by atomic mass is 32.2. The average Bonchev–Trinajstić information content (AvgIpc) is 2.90. The number of carbonyl (C=O) groups is 2. The van der Waals surface area contributed by atoms with Crippen molar-refractivity contribution in [2.45, 2.75) is 19.9 Å². The SMILES string of the molecule is CCCOc1ccc(/C=C2\SC(=O)N(Cc3ccccc3F)C2=O)cc1. The lowest BCUT2D eigenvalue weighted by atomic mass is 10.2.